The first kappa shape index (κ1) is 79.6. The summed E-state index contributed by atoms with van der Waals surface area (Å²) in [6.45, 7) is 11.4. The van der Waals surface area contributed by atoms with Crippen molar-refractivity contribution in [2.24, 2.45) is 23.7 Å². The van der Waals surface area contributed by atoms with Gasteiger partial charge in [0, 0.05) is 68.0 Å². The summed E-state index contributed by atoms with van der Waals surface area (Å²) in [7, 11) is 7.23. The first-order chi connectivity index (χ1) is 47.7. The molecular formula is C73H110ClF3N12O12. The summed E-state index contributed by atoms with van der Waals surface area (Å²) in [5.41, 5.74) is -2.34. The molecule has 5 aliphatic heterocycles. The summed E-state index contributed by atoms with van der Waals surface area (Å²) < 4.78 is 41.7. The van der Waals surface area contributed by atoms with Crippen molar-refractivity contribution >= 4 is 82.5 Å². The Hall–Kier alpha value is -7.06. The third kappa shape index (κ3) is 18.5. The molecule has 0 unspecified atom stereocenters. The van der Waals surface area contributed by atoms with Crippen LogP contribution in [0.2, 0.25) is 5.02 Å². The van der Waals surface area contributed by atoms with Crippen LogP contribution >= 0.6 is 11.6 Å². The Morgan fingerprint density at radius 2 is 1.22 bits per heavy atom. The Labute approximate surface area is 598 Å². The maximum atomic E-state index is 15.5. The van der Waals surface area contributed by atoms with E-state index in [1.54, 1.807) is 18.7 Å². The standard InChI is InChI=1S/C73H110ClF3N12O12/c1-12-46(6)60-69(99)88-37-22-26-53(88)68(98)89-38-31-54(89)66(96)83(9)56(41-47-23-15-13-16-24-47)65(95)81(7)43-58(90)78-51(30-28-48-27-29-49(50(74)40-48)73(75,76)77)64(94)87-36-21-25-52(87)63(93)80-72(32-17-18-33-72)71(101)85(11)61(45(4)5)70(100)84(10)57(67(97)86-34-19-14-20-35-86)42-59(91)82(8)55(39-44(2)3)62(92)79-60/h27,29,40,44-47,51-57,60-61H,12-26,28,30-39,41-43H2,1-11H3,(H,78,90)(H,79,92)(H,80,93)/t46-,51-,52-,53-,54-,55-,56-,57-,60-,61-/m0/s1. The van der Waals surface area contributed by atoms with Crippen molar-refractivity contribution in [1.29, 1.82) is 0 Å². The van der Waals surface area contributed by atoms with Crippen LogP contribution in [0.15, 0.2) is 18.2 Å². The maximum Gasteiger partial charge on any atom is 0.417 e. The van der Waals surface area contributed by atoms with E-state index in [0.717, 1.165) is 50.7 Å². The minimum Gasteiger partial charge on any atom is -0.343 e. The minimum absolute atomic E-state index is 0.0306. The Bertz CT molecular complexity index is 3210. The van der Waals surface area contributed by atoms with Crippen molar-refractivity contribution in [2.75, 3.05) is 74.5 Å². The summed E-state index contributed by atoms with van der Waals surface area (Å²) in [6, 6.07) is -7.55. The smallest absolute Gasteiger partial charge is 0.343 e. The van der Waals surface area contributed by atoms with E-state index in [0.29, 0.717) is 63.6 Å². The largest absolute Gasteiger partial charge is 0.417 e. The number of likely N-dealkylation sites (N-methyl/N-ethyl adjacent to an activating group) is 5. The number of amides is 12. The van der Waals surface area contributed by atoms with Crippen LogP contribution in [0.3, 0.4) is 0 Å². The fraction of sp³-hybridized carbons (Fsp3) is 0.753. The van der Waals surface area contributed by atoms with Gasteiger partial charge in [0.15, 0.2) is 0 Å². The van der Waals surface area contributed by atoms with E-state index in [1.165, 1.54) is 80.5 Å². The summed E-state index contributed by atoms with van der Waals surface area (Å²) >= 11 is 6.17. The van der Waals surface area contributed by atoms with Crippen molar-refractivity contribution in [1.82, 2.24) is 60.0 Å². The highest BCUT2D eigenvalue weighted by Gasteiger charge is 2.52. The molecule has 3 N–H and O–H groups in total. The van der Waals surface area contributed by atoms with Crippen LogP contribution in [0.5, 0.6) is 0 Å². The number of piperidine rings is 1. The van der Waals surface area contributed by atoms with Gasteiger partial charge in [-0.15, -0.1) is 0 Å². The number of nitrogens with zero attached hydrogens (tertiary/aromatic N) is 9. The zero-order chi connectivity index (χ0) is 74.1. The van der Waals surface area contributed by atoms with Crippen LogP contribution in [0, 0.1) is 23.7 Å². The van der Waals surface area contributed by atoms with Crippen LogP contribution in [-0.4, -0.2) is 249 Å². The molecule has 1 spiro atoms. The molecule has 5 heterocycles. The van der Waals surface area contributed by atoms with Gasteiger partial charge in [0.2, 0.25) is 70.9 Å². The highest BCUT2D eigenvalue weighted by molar-refractivity contribution is 6.31. The molecule has 2 saturated carbocycles. The molecule has 0 bridgehead atoms. The Balaban J connectivity index is 1.17. The molecule has 562 valence electrons. The van der Waals surface area contributed by atoms with Crippen molar-refractivity contribution in [3.8, 4) is 0 Å². The highest BCUT2D eigenvalue weighted by Crippen LogP contribution is 2.38. The van der Waals surface area contributed by atoms with Gasteiger partial charge in [0.05, 0.1) is 23.6 Å². The lowest BCUT2D eigenvalue weighted by atomic mass is 9.84. The van der Waals surface area contributed by atoms with E-state index in [4.69, 9.17) is 11.6 Å². The van der Waals surface area contributed by atoms with Gasteiger partial charge in [-0.2, -0.15) is 13.2 Å². The molecule has 24 nitrogen and oxygen atoms in total. The van der Waals surface area contributed by atoms with Gasteiger partial charge < -0.3 is 60.0 Å². The molecule has 7 aliphatic rings. The lowest BCUT2D eigenvalue weighted by molar-refractivity contribution is -0.160. The Morgan fingerprint density at radius 1 is 0.614 bits per heavy atom. The molecule has 12 amide bonds. The number of hydrogen-bond acceptors (Lipinski definition) is 12. The second-order valence-corrected chi connectivity index (χ2v) is 31.0. The molecule has 5 saturated heterocycles. The molecule has 1 aromatic rings. The fourth-order valence-corrected chi connectivity index (χ4v) is 16.7. The number of aryl methyl sites for hydroxylation is 1. The van der Waals surface area contributed by atoms with Crippen LogP contribution in [0.1, 0.15) is 194 Å². The van der Waals surface area contributed by atoms with Gasteiger partial charge in [-0.3, -0.25) is 57.5 Å². The number of carbonyl (C=O) groups excluding carboxylic acids is 12. The second kappa shape index (κ2) is 34.5. The SMILES string of the molecule is CC[C@H](C)[C@@H]1NC(=O)[C@H](CC(C)C)N(C)C(=O)C[C@@H](C(=O)N2CCCCC2)N(C)C(=O)[C@H](C(C)C)N(C)C(=O)C2(CCCC2)NC(=O)[C@@H]2CCCN2C(=O)[C@H](CCc2ccc(C(F)(F)F)c(Cl)c2)NC(=O)CN(C)C(=O)[C@H](CC2CCCCC2)N(C)C(=O)[C@@H]2CCN2C(=O)[C@@H]2CCCN2C1=O. The first-order valence-electron chi connectivity index (χ1n) is 37.0. The number of hydrogen-bond donors (Lipinski definition) is 3. The number of fused-ring (bicyclic) bond motifs is 3. The van der Waals surface area contributed by atoms with Gasteiger partial charge in [0.1, 0.15) is 59.9 Å². The van der Waals surface area contributed by atoms with E-state index >= 15 is 38.4 Å². The molecule has 10 atom stereocenters. The zero-order valence-electron chi connectivity index (χ0n) is 61.2. The number of alkyl halides is 3. The number of nitrogens with one attached hydrogen (secondary N) is 3. The molecule has 2 aliphatic carbocycles. The van der Waals surface area contributed by atoms with E-state index in [-0.39, 0.29) is 89.3 Å². The predicted octanol–water partition coefficient (Wildman–Crippen LogP) is 6.17. The highest BCUT2D eigenvalue weighted by atomic mass is 35.5. The average molecular weight is 1440 g/mol. The minimum atomic E-state index is -4.76. The van der Waals surface area contributed by atoms with Gasteiger partial charge in [-0.05, 0) is 131 Å². The number of carbonyl (C=O) groups is 12. The fourth-order valence-electron chi connectivity index (χ4n) is 16.4. The second-order valence-electron chi connectivity index (χ2n) is 30.5. The van der Waals surface area contributed by atoms with Gasteiger partial charge in [-0.1, -0.05) is 111 Å². The monoisotopic (exact) mass is 1440 g/mol. The van der Waals surface area contributed by atoms with Crippen LogP contribution in [0.4, 0.5) is 13.2 Å². The summed E-state index contributed by atoms with van der Waals surface area (Å²) in [5, 5.41) is 8.24. The topological polar surface area (TPSA) is 270 Å². The summed E-state index contributed by atoms with van der Waals surface area (Å²) in [4.78, 5) is 193. The van der Waals surface area contributed by atoms with E-state index in [2.05, 4.69) is 16.0 Å². The summed E-state index contributed by atoms with van der Waals surface area (Å²) in [5.74, 6) is -8.53. The lowest BCUT2D eigenvalue weighted by Crippen LogP contribution is -2.65. The number of rotatable bonds is 11. The molecule has 28 heteroatoms. The molecule has 0 radical (unpaired) electrons. The summed E-state index contributed by atoms with van der Waals surface area (Å²) in [6.07, 6.45) is 4.63. The Morgan fingerprint density at radius 3 is 1.80 bits per heavy atom. The zero-order valence-corrected chi connectivity index (χ0v) is 61.9. The Kier molecular flexibility index (Phi) is 27.2. The molecule has 0 aromatic heterocycles. The van der Waals surface area contributed by atoms with Crippen LogP contribution in [-0.2, 0) is 70.1 Å². The molecule has 101 heavy (non-hydrogen) atoms. The normalized spacial score (nSPS) is 28.2. The van der Waals surface area contributed by atoms with Crippen LogP contribution < -0.4 is 16.0 Å². The van der Waals surface area contributed by atoms with Gasteiger partial charge in [0.25, 0.3) is 0 Å². The van der Waals surface area contributed by atoms with Crippen molar-refractivity contribution in [2.45, 2.75) is 255 Å². The molecule has 8 rings (SSSR count). The third-order valence-corrected chi connectivity index (χ3v) is 23.0. The average Bonchev–Trinajstić information content (AvgIpc) is 1.64. The predicted molar refractivity (Wildman–Crippen MR) is 371 cm³/mol. The lowest BCUT2D eigenvalue weighted by Gasteiger charge is -2.45. The van der Waals surface area contributed by atoms with Gasteiger partial charge >= 0.3 is 6.18 Å². The van der Waals surface area contributed by atoms with E-state index < -0.39 is 172 Å². The van der Waals surface area contributed by atoms with E-state index in [9.17, 15) is 32.3 Å². The molecule has 7 fully saturated rings. The van der Waals surface area contributed by atoms with Crippen molar-refractivity contribution in [3.63, 3.8) is 0 Å². The molecule has 1 aromatic carbocycles. The third-order valence-electron chi connectivity index (χ3n) is 22.7. The number of benzene rings is 1. The van der Waals surface area contributed by atoms with Crippen LogP contribution in [0.25, 0.3) is 0 Å². The first-order valence-corrected chi connectivity index (χ1v) is 37.4. The van der Waals surface area contributed by atoms with Crippen molar-refractivity contribution < 1.29 is 70.7 Å². The number of likely N-dealkylation sites (tertiary alicyclic amines) is 1. The molecular weight excluding hydrogens is 1330 g/mol. The maximum absolute atomic E-state index is 15.5. The van der Waals surface area contributed by atoms with Gasteiger partial charge in [-0.25, -0.2) is 0 Å². The number of halogens is 4. The van der Waals surface area contributed by atoms with Crippen molar-refractivity contribution in [3.05, 3.63) is 34.3 Å². The quantitative estimate of drug-likeness (QED) is 0.224. The van der Waals surface area contributed by atoms with E-state index in [1.807, 2.05) is 27.7 Å².